The number of piperidine rings is 1. The molecule has 24 heavy (non-hydrogen) atoms. The lowest BCUT2D eigenvalue weighted by Gasteiger charge is -2.31. The Kier molecular flexibility index (Phi) is 6.74. The molecule has 0 unspecified atom stereocenters. The summed E-state index contributed by atoms with van der Waals surface area (Å²) in [5.41, 5.74) is 0. The highest BCUT2D eigenvalue weighted by Gasteiger charge is 2.31. The van der Waals surface area contributed by atoms with Crippen LogP contribution in [0.3, 0.4) is 0 Å². The maximum atomic E-state index is 12.9. The van der Waals surface area contributed by atoms with Gasteiger partial charge in [-0.25, -0.2) is 8.42 Å². The number of hydrogen-bond donors (Lipinski definition) is 1. The van der Waals surface area contributed by atoms with Crippen molar-refractivity contribution in [2.24, 2.45) is 5.92 Å². The highest BCUT2D eigenvalue weighted by molar-refractivity contribution is 7.89. The first-order chi connectivity index (χ1) is 11.4. The lowest BCUT2D eigenvalue weighted by molar-refractivity contribution is 0.268. The zero-order valence-electron chi connectivity index (χ0n) is 14.3. The van der Waals surface area contributed by atoms with E-state index >= 15 is 0 Å². The maximum Gasteiger partial charge on any atom is 0.244 e. The third-order valence-electron chi connectivity index (χ3n) is 4.31. The minimum Gasteiger partial charge on any atom is -0.493 e. The van der Waals surface area contributed by atoms with Gasteiger partial charge in [-0.2, -0.15) is 4.31 Å². The predicted molar refractivity (Wildman–Crippen MR) is 94.6 cm³/mol. The first-order valence-corrected chi connectivity index (χ1v) is 9.88. The van der Waals surface area contributed by atoms with Gasteiger partial charge in [0, 0.05) is 25.2 Å². The molecule has 6 nitrogen and oxygen atoms in total. The lowest BCUT2D eigenvalue weighted by Crippen LogP contribution is -2.40. The Morgan fingerprint density at radius 1 is 1.21 bits per heavy atom. The van der Waals surface area contributed by atoms with Crippen molar-refractivity contribution in [2.45, 2.75) is 24.7 Å². The van der Waals surface area contributed by atoms with Crippen LogP contribution in [0.4, 0.5) is 0 Å². The summed E-state index contributed by atoms with van der Waals surface area (Å²) in [6, 6.07) is 2.91. The third kappa shape index (κ3) is 4.14. The van der Waals surface area contributed by atoms with Gasteiger partial charge < -0.3 is 14.8 Å². The molecule has 1 aromatic rings. The Hall–Kier alpha value is -1.02. The van der Waals surface area contributed by atoms with Crippen LogP contribution in [0, 0.1) is 5.92 Å². The second kappa shape index (κ2) is 8.38. The van der Waals surface area contributed by atoms with Crippen LogP contribution in [0.25, 0.3) is 0 Å². The summed E-state index contributed by atoms with van der Waals surface area (Å²) in [4.78, 5) is 0.0620. The van der Waals surface area contributed by atoms with E-state index in [1.807, 2.05) is 0 Å². The van der Waals surface area contributed by atoms with E-state index in [-0.39, 0.29) is 9.92 Å². The average Bonchev–Trinajstić information content (AvgIpc) is 2.59. The fraction of sp³-hybridized carbons (Fsp3) is 0.625. The molecule has 1 fully saturated rings. The molecule has 0 aromatic heterocycles. The molecule has 0 saturated carbocycles. The van der Waals surface area contributed by atoms with E-state index in [4.69, 9.17) is 21.1 Å². The van der Waals surface area contributed by atoms with E-state index in [1.54, 1.807) is 0 Å². The van der Waals surface area contributed by atoms with E-state index in [9.17, 15) is 8.42 Å². The van der Waals surface area contributed by atoms with Crippen LogP contribution in [0.15, 0.2) is 17.0 Å². The first-order valence-electron chi connectivity index (χ1n) is 8.06. The van der Waals surface area contributed by atoms with E-state index in [1.165, 1.54) is 30.7 Å². The van der Waals surface area contributed by atoms with Gasteiger partial charge in [0.1, 0.15) is 4.90 Å². The Bertz CT molecular complexity index is 658. The molecule has 0 atom stereocenters. The highest BCUT2D eigenvalue weighted by Crippen LogP contribution is 2.37. The second-order valence-electron chi connectivity index (χ2n) is 5.79. The van der Waals surface area contributed by atoms with E-state index in [0.29, 0.717) is 30.5 Å². The molecule has 2 rings (SSSR count). The van der Waals surface area contributed by atoms with Gasteiger partial charge in [-0.1, -0.05) is 18.5 Å². The van der Waals surface area contributed by atoms with Crippen molar-refractivity contribution in [3.63, 3.8) is 0 Å². The number of hydrogen-bond acceptors (Lipinski definition) is 5. The minimum atomic E-state index is -3.65. The number of ether oxygens (including phenoxy) is 2. The maximum absolute atomic E-state index is 12.9. The van der Waals surface area contributed by atoms with Crippen LogP contribution in [0.1, 0.15) is 19.8 Å². The normalized spacial score (nSPS) is 17.0. The molecule has 8 heteroatoms. The average molecular weight is 377 g/mol. The molecule has 1 saturated heterocycles. The summed E-state index contributed by atoms with van der Waals surface area (Å²) < 4.78 is 37.7. The minimum absolute atomic E-state index is 0.0620. The Balaban J connectivity index is 2.19. The predicted octanol–water partition coefficient (Wildman–Crippen LogP) is 2.37. The topological polar surface area (TPSA) is 67.9 Å². The Morgan fingerprint density at radius 2 is 1.79 bits per heavy atom. The number of nitrogens with one attached hydrogen (secondary N) is 1. The highest BCUT2D eigenvalue weighted by atomic mass is 35.5. The van der Waals surface area contributed by atoms with Gasteiger partial charge in [0.05, 0.1) is 19.2 Å². The standard InChI is InChI=1S/C16H25ClN2O4S/c1-4-18-11-12-5-7-19(8-6-12)24(20,21)16-10-15(23-3)14(22-2)9-13(16)17/h9-10,12,18H,4-8,11H2,1-3H3. The van der Waals surface area contributed by atoms with Gasteiger partial charge in [-0.3, -0.25) is 0 Å². The third-order valence-corrected chi connectivity index (χ3v) is 6.68. The molecule has 1 N–H and O–H groups in total. The zero-order chi connectivity index (χ0) is 17.7. The van der Waals surface area contributed by atoms with Gasteiger partial charge >= 0.3 is 0 Å². The number of halogens is 1. The molecule has 1 aliphatic rings. The summed E-state index contributed by atoms with van der Waals surface area (Å²) in [6.07, 6.45) is 1.69. The molecular weight excluding hydrogens is 352 g/mol. The summed E-state index contributed by atoms with van der Waals surface area (Å²) in [6.45, 7) is 4.94. The molecule has 0 bridgehead atoms. The van der Waals surface area contributed by atoms with E-state index in [2.05, 4.69) is 12.2 Å². The van der Waals surface area contributed by atoms with Gasteiger partial charge in [0.15, 0.2) is 11.5 Å². The largest absolute Gasteiger partial charge is 0.493 e. The number of methoxy groups -OCH3 is 2. The van der Waals surface area contributed by atoms with Crippen molar-refractivity contribution >= 4 is 21.6 Å². The van der Waals surface area contributed by atoms with Gasteiger partial charge in [0.25, 0.3) is 0 Å². The van der Waals surface area contributed by atoms with Gasteiger partial charge in [-0.15, -0.1) is 0 Å². The van der Waals surface area contributed by atoms with Gasteiger partial charge in [-0.05, 0) is 31.8 Å². The number of benzene rings is 1. The Labute approximate surface area is 149 Å². The number of sulfonamides is 1. The monoisotopic (exact) mass is 376 g/mol. The molecule has 0 spiro atoms. The van der Waals surface area contributed by atoms with Crippen molar-refractivity contribution in [3.8, 4) is 11.5 Å². The van der Waals surface area contributed by atoms with E-state index in [0.717, 1.165) is 25.9 Å². The number of rotatable bonds is 7. The second-order valence-corrected chi connectivity index (χ2v) is 8.11. The van der Waals surface area contributed by atoms with Crippen LogP contribution in [-0.2, 0) is 10.0 Å². The van der Waals surface area contributed by atoms with Crippen molar-refractivity contribution < 1.29 is 17.9 Å². The van der Waals surface area contributed by atoms with Crippen molar-refractivity contribution in [3.05, 3.63) is 17.2 Å². The molecule has 0 radical (unpaired) electrons. The first kappa shape index (κ1) is 19.3. The van der Waals surface area contributed by atoms with Crippen molar-refractivity contribution in [1.29, 1.82) is 0 Å². The summed E-state index contributed by atoms with van der Waals surface area (Å²) in [7, 11) is -0.699. The molecule has 136 valence electrons. The van der Waals surface area contributed by atoms with Crippen LogP contribution in [-0.4, -0.2) is 53.1 Å². The quantitative estimate of drug-likeness (QED) is 0.791. The molecular formula is C16H25ClN2O4S. The van der Waals surface area contributed by atoms with E-state index < -0.39 is 10.0 Å². The zero-order valence-corrected chi connectivity index (χ0v) is 15.9. The summed E-state index contributed by atoms with van der Waals surface area (Å²) >= 11 is 6.19. The molecule has 1 heterocycles. The Morgan fingerprint density at radius 3 is 2.33 bits per heavy atom. The molecule has 0 aliphatic carbocycles. The molecule has 1 aromatic carbocycles. The number of nitrogens with zero attached hydrogens (tertiary/aromatic N) is 1. The summed E-state index contributed by atoms with van der Waals surface area (Å²) in [5.74, 6) is 1.27. The fourth-order valence-corrected chi connectivity index (χ4v) is 4.85. The smallest absolute Gasteiger partial charge is 0.244 e. The van der Waals surface area contributed by atoms with Crippen LogP contribution >= 0.6 is 11.6 Å². The SMILES string of the molecule is CCNCC1CCN(S(=O)(=O)c2cc(OC)c(OC)cc2Cl)CC1. The van der Waals surface area contributed by atoms with Crippen LogP contribution < -0.4 is 14.8 Å². The molecule has 1 aliphatic heterocycles. The van der Waals surface area contributed by atoms with Crippen LogP contribution in [0.5, 0.6) is 11.5 Å². The van der Waals surface area contributed by atoms with Crippen molar-refractivity contribution in [2.75, 3.05) is 40.4 Å². The summed E-state index contributed by atoms with van der Waals surface area (Å²) in [5, 5.41) is 3.46. The van der Waals surface area contributed by atoms with Crippen LogP contribution in [0.2, 0.25) is 5.02 Å². The van der Waals surface area contributed by atoms with Crippen molar-refractivity contribution in [1.82, 2.24) is 9.62 Å². The lowest BCUT2D eigenvalue weighted by atomic mass is 9.98. The van der Waals surface area contributed by atoms with Gasteiger partial charge in [0.2, 0.25) is 10.0 Å². The molecule has 0 amide bonds. The fourth-order valence-electron chi connectivity index (χ4n) is 2.87.